The second kappa shape index (κ2) is 8.40. The van der Waals surface area contributed by atoms with Crippen LogP contribution in [-0.4, -0.2) is 45.8 Å². The van der Waals surface area contributed by atoms with E-state index in [1.165, 1.54) is 0 Å². The van der Waals surface area contributed by atoms with Crippen molar-refractivity contribution < 1.29 is 9.47 Å². The Hall–Kier alpha value is -0.780. The number of hydrogen-bond donors (Lipinski definition) is 1. The van der Waals surface area contributed by atoms with Crippen LogP contribution in [0, 0.1) is 0 Å². The van der Waals surface area contributed by atoms with Crippen molar-refractivity contribution in [1.29, 1.82) is 0 Å². The number of nitrogens with zero attached hydrogens (tertiary/aromatic N) is 1. The highest BCUT2D eigenvalue weighted by atomic mass is 79.9. The summed E-state index contributed by atoms with van der Waals surface area (Å²) in [6, 6.07) is 4.08. The summed E-state index contributed by atoms with van der Waals surface area (Å²) in [6.45, 7) is 4.91. The van der Waals surface area contributed by atoms with E-state index in [2.05, 4.69) is 32.2 Å². The molecule has 1 rings (SSSR count). The summed E-state index contributed by atoms with van der Waals surface area (Å²) in [5.74, 6) is 1.57. The zero-order valence-electron chi connectivity index (χ0n) is 12.1. The number of rotatable bonds is 8. The Balaban J connectivity index is 2.87. The van der Waals surface area contributed by atoms with Gasteiger partial charge >= 0.3 is 0 Å². The predicted molar refractivity (Wildman–Crippen MR) is 82.1 cm³/mol. The van der Waals surface area contributed by atoms with Crippen molar-refractivity contribution in [2.75, 3.05) is 40.9 Å². The molecule has 4 nitrogen and oxygen atoms in total. The molecule has 0 spiro atoms. The fourth-order valence-electron chi connectivity index (χ4n) is 1.66. The summed E-state index contributed by atoms with van der Waals surface area (Å²) in [5.41, 5.74) is 1.16. The monoisotopic (exact) mass is 330 g/mol. The molecule has 0 heterocycles. The highest BCUT2D eigenvalue weighted by molar-refractivity contribution is 9.10. The third-order valence-corrected chi connectivity index (χ3v) is 3.12. The molecule has 0 fully saturated rings. The van der Waals surface area contributed by atoms with Gasteiger partial charge in [0.05, 0.1) is 11.1 Å². The van der Waals surface area contributed by atoms with Crippen LogP contribution in [0.25, 0.3) is 0 Å². The van der Waals surface area contributed by atoms with E-state index in [9.17, 15) is 0 Å². The van der Waals surface area contributed by atoms with Crippen LogP contribution in [-0.2, 0) is 6.54 Å². The first-order chi connectivity index (χ1) is 9.08. The molecule has 19 heavy (non-hydrogen) atoms. The van der Waals surface area contributed by atoms with Crippen molar-refractivity contribution >= 4 is 15.9 Å². The number of hydrogen-bond acceptors (Lipinski definition) is 4. The van der Waals surface area contributed by atoms with Gasteiger partial charge in [0.1, 0.15) is 6.61 Å². The molecular formula is C14H23BrN2O2. The number of likely N-dealkylation sites (N-methyl/N-ethyl adjacent to an activating group) is 1. The van der Waals surface area contributed by atoms with Gasteiger partial charge in [-0.3, -0.25) is 0 Å². The quantitative estimate of drug-likeness (QED) is 0.794. The molecule has 0 radical (unpaired) electrons. The van der Waals surface area contributed by atoms with E-state index in [4.69, 9.17) is 9.47 Å². The first-order valence-electron chi connectivity index (χ1n) is 6.45. The molecule has 0 aliphatic rings. The predicted octanol–water partition coefficient (Wildman–Crippen LogP) is 2.51. The standard InChI is InChI=1S/C14H23BrN2O2/c1-5-18-13-9-11(10-16-2)8-12(15)14(13)19-7-6-17(3)4/h8-9,16H,5-7,10H2,1-4H3. The van der Waals surface area contributed by atoms with E-state index >= 15 is 0 Å². The van der Waals surface area contributed by atoms with Crippen LogP contribution < -0.4 is 14.8 Å². The van der Waals surface area contributed by atoms with Gasteiger partial charge in [0.2, 0.25) is 0 Å². The number of halogens is 1. The maximum absolute atomic E-state index is 5.83. The zero-order chi connectivity index (χ0) is 14.3. The Labute approximate surface area is 124 Å². The zero-order valence-corrected chi connectivity index (χ0v) is 13.7. The fraction of sp³-hybridized carbons (Fsp3) is 0.571. The summed E-state index contributed by atoms with van der Waals surface area (Å²) >= 11 is 3.56. The normalized spacial score (nSPS) is 10.8. The second-order valence-corrected chi connectivity index (χ2v) is 5.37. The Morgan fingerprint density at radius 3 is 2.58 bits per heavy atom. The van der Waals surface area contributed by atoms with E-state index < -0.39 is 0 Å². The first kappa shape index (κ1) is 16.3. The summed E-state index contributed by atoms with van der Waals surface area (Å²) in [6.07, 6.45) is 0. The number of ether oxygens (including phenoxy) is 2. The summed E-state index contributed by atoms with van der Waals surface area (Å²) in [4.78, 5) is 2.09. The average molecular weight is 331 g/mol. The van der Waals surface area contributed by atoms with E-state index in [1.54, 1.807) is 0 Å². The van der Waals surface area contributed by atoms with Crippen molar-refractivity contribution in [3.05, 3.63) is 22.2 Å². The van der Waals surface area contributed by atoms with Gasteiger partial charge in [0.25, 0.3) is 0 Å². The minimum absolute atomic E-state index is 0.624. The molecule has 108 valence electrons. The molecule has 0 aliphatic heterocycles. The maximum atomic E-state index is 5.83. The van der Waals surface area contributed by atoms with Gasteiger partial charge in [-0.1, -0.05) is 0 Å². The van der Waals surface area contributed by atoms with Crippen LogP contribution >= 0.6 is 15.9 Å². The van der Waals surface area contributed by atoms with Crippen LogP contribution in [0.3, 0.4) is 0 Å². The van der Waals surface area contributed by atoms with Gasteiger partial charge in [-0.15, -0.1) is 0 Å². The Kier molecular flexibility index (Phi) is 7.20. The second-order valence-electron chi connectivity index (χ2n) is 4.52. The Bertz CT molecular complexity index is 397. The maximum Gasteiger partial charge on any atom is 0.175 e. The van der Waals surface area contributed by atoms with Gasteiger partial charge in [-0.2, -0.15) is 0 Å². The van der Waals surface area contributed by atoms with E-state index in [0.717, 1.165) is 34.6 Å². The highest BCUT2D eigenvalue weighted by Crippen LogP contribution is 2.36. The van der Waals surface area contributed by atoms with E-state index in [0.29, 0.717) is 13.2 Å². The molecular weight excluding hydrogens is 308 g/mol. The van der Waals surface area contributed by atoms with Gasteiger partial charge < -0.3 is 19.7 Å². The Morgan fingerprint density at radius 1 is 1.26 bits per heavy atom. The van der Waals surface area contributed by atoms with E-state index in [1.807, 2.05) is 34.1 Å². The molecule has 0 unspecified atom stereocenters. The van der Waals surface area contributed by atoms with E-state index in [-0.39, 0.29) is 0 Å². The molecule has 0 bridgehead atoms. The lowest BCUT2D eigenvalue weighted by Crippen LogP contribution is -2.19. The van der Waals surface area contributed by atoms with Crippen LogP contribution in [0.1, 0.15) is 12.5 Å². The van der Waals surface area contributed by atoms with Gasteiger partial charge in [-0.25, -0.2) is 0 Å². The summed E-state index contributed by atoms with van der Waals surface area (Å²) in [7, 11) is 5.98. The van der Waals surface area contributed by atoms with Crippen molar-refractivity contribution in [2.24, 2.45) is 0 Å². The molecule has 1 aromatic rings. The number of nitrogens with one attached hydrogen (secondary N) is 1. The summed E-state index contributed by atoms with van der Waals surface area (Å²) in [5, 5.41) is 3.13. The molecule has 1 N–H and O–H groups in total. The third-order valence-electron chi connectivity index (χ3n) is 2.53. The largest absolute Gasteiger partial charge is 0.490 e. The highest BCUT2D eigenvalue weighted by Gasteiger charge is 2.12. The summed E-state index contributed by atoms with van der Waals surface area (Å²) < 4.78 is 12.4. The van der Waals surface area contributed by atoms with Crippen molar-refractivity contribution in [3.8, 4) is 11.5 Å². The Morgan fingerprint density at radius 2 is 2.00 bits per heavy atom. The van der Waals surface area contributed by atoms with Crippen molar-refractivity contribution in [2.45, 2.75) is 13.5 Å². The van der Waals surface area contributed by atoms with Crippen LogP contribution in [0.15, 0.2) is 16.6 Å². The van der Waals surface area contributed by atoms with Crippen LogP contribution in [0.4, 0.5) is 0 Å². The molecule has 0 aliphatic carbocycles. The third kappa shape index (κ3) is 5.38. The molecule has 1 aromatic carbocycles. The van der Waals surface area contributed by atoms with Crippen LogP contribution in [0.5, 0.6) is 11.5 Å². The lowest BCUT2D eigenvalue weighted by atomic mass is 10.2. The molecule has 0 saturated heterocycles. The average Bonchev–Trinajstić information content (AvgIpc) is 2.33. The molecule has 0 saturated carbocycles. The molecule has 5 heteroatoms. The van der Waals surface area contributed by atoms with Crippen molar-refractivity contribution in [1.82, 2.24) is 10.2 Å². The van der Waals surface area contributed by atoms with Crippen LogP contribution in [0.2, 0.25) is 0 Å². The number of benzene rings is 1. The minimum Gasteiger partial charge on any atom is -0.490 e. The van der Waals surface area contributed by atoms with Gasteiger partial charge in [0, 0.05) is 13.1 Å². The molecule has 0 atom stereocenters. The fourth-order valence-corrected chi connectivity index (χ4v) is 2.26. The smallest absolute Gasteiger partial charge is 0.175 e. The lowest BCUT2D eigenvalue weighted by molar-refractivity contribution is 0.242. The van der Waals surface area contributed by atoms with Crippen molar-refractivity contribution in [3.63, 3.8) is 0 Å². The topological polar surface area (TPSA) is 33.7 Å². The minimum atomic E-state index is 0.624. The SMILES string of the molecule is CCOc1cc(CNC)cc(Br)c1OCCN(C)C. The van der Waals surface area contributed by atoms with Gasteiger partial charge in [-0.05, 0) is 61.7 Å². The first-order valence-corrected chi connectivity index (χ1v) is 7.25. The van der Waals surface area contributed by atoms with Gasteiger partial charge in [0.15, 0.2) is 11.5 Å². The molecule has 0 amide bonds. The molecule has 0 aromatic heterocycles. The lowest BCUT2D eigenvalue weighted by Gasteiger charge is -2.17.